The molecule has 2 heterocycles. The lowest BCUT2D eigenvalue weighted by molar-refractivity contribution is -0.121. The van der Waals surface area contributed by atoms with Gasteiger partial charge in [0.05, 0.1) is 16.1 Å². The number of aromatic nitrogens is 1. The molecule has 1 aromatic heterocycles. The highest BCUT2D eigenvalue weighted by molar-refractivity contribution is 7.92. The predicted molar refractivity (Wildman–Crippen MR) is 115 cm³/mol. The zero-order valence-corrected chi connectivity index (χ0v) is 18.3. The third-order valence-electron chi connectivity index (χ3n) is 5.27. The van der Waals surface area contributed by atoms with Crippen molar-refractivity contribution in [2.75, 3.05) is 18.4 Å². The lowest BCUT2D eigenvalue weighted by Crippen LogP contribution is -2.43. The molecule has 1 fully saturated rings. The van der Waals surface area contributed by atoms with Gasteiger partial charge in [-0.3, -0.25) is 9.59 Å². The normalized spacial score (nSPS) is 17.1. The fourth-order valence-corrected chi connectivity index (χ4v) is 4.52. The summed E-state index contributed by atoms with van der Waals surface area (Å²) in [6.45, 7) is 5.99. The molecule has 1 aliphatic heterocycles. The highest BCUT2D eigenvalue weighted by Gasteiger charge is 2.29. The molecule has 1 saturated heterocycles. The van der Waals surface area contributed by atoms with Gasteiger partial charge in [0.1, 0.15) is 5.82 Å². The lowest BCUT2D eigenvalue weighted by atomic mass is 9.96. The number of nitrogens with zero attached hydrogens (tertiary/aromatic N) is 2. The van der Waals surface area contributed by atoms with E-state index >= 15 is 0 Å². The number of sulfone groups is 1. The van der Waals surface area contributed by atoms with Crippen LogP contribution in [0.3, 0.4) is 0 Å². The Morgan fingerprint density at radius 1 is 1.13 bits per heavy atom. The van der Waals surface area contributed by atoms with Crippen molar-refractivity contribution in [3.05, 3.63) is 53.7 Å². The van der Waals surface area contributed by atoms with Crippen LogP contribution in [-0.2, 0) is 14.6 Å². The van der Waals surface area contributed by atoms with Gasteiger partial charge in [-0.15, -0.1) is 0 Å². The van der Waals surface area contributed by atoms with E-state index in [1.165, 1.54) is 24.3 Å². The van der Waals surface area contributed by atoms with Gasteiger partial charge < -0.3 is 10.2 Å². The highest BCUT2D eigenvalue weighted by Crippen LogP contribution is 2.22. The number of carbonyl (C=O) groups excluding carboxylic acids is 2. The first-order valence-electron chi connectivity index (χ1n) is 10.1. The van der Waals surface area contributed by atoms with Gasteiger partial charge >= 0.3 is 0 Å². The molecule has 1 unspecified atom stereocenters. The molecule has 0 spiro atoms. The predicted octanol–water partition coefficient (Wildman–Crippen LogP) is 3.06. The summed E-state index contributed by atoms with van der Waals surface area (Å²) in [5.74, 6) is -0.158. The van der Waals surface area contributed by atoms with Gasteiger partial charge in [-0.05, 0) is 70.0 Å². The fourth-order valence-electron chi connectivity index (χ4n) is 3.46. The molecular formula is C22H27N3O4S. The van der Waals surface area contributed by atoms with Crippen LogP contribution >= 0.6 is 0 Å². The van der Waals surface area contributed by atoms with Crippen molar-refractivity contribution in [3.63, 3.8) is 0 Å². The summed E-state index contributed by atoms with van der Waals surface area (Å²) < 4.78 is 24.5. The fraction of sp³-hybridized carbons (Fsp3) is 0.409. The molecule has 1 aliphatic rings. The van der Waals surface area contributed by atoms with Crippen LogP contribution in [0, 0.1) is 12.8 Å². The van der Waals surface area contributed by atoms with Crippen LogP contribution in [-0.4, -0.2) is 48.5 Å². The number of piperidine rings is 1. The molecule has 8 heteroatoms. The van der Waals surface area contributed by atoms with Crippen LogP contribution in [0.5, 0.6) is 0 Å². The summed E-state index contributed by atoms with van der Waals surface area (Å²) in [6.07, 6.45) is 1.43. The third-order valence-corrected chi connectivity index (χ3v) is 7.44. The van der Waals surface area contributed by atoms with E-state index in [9.17, 15) is 18.0 Å². The maximum atomic E-state index is 12.9. The molecule has 7 nitrogen and oxygen atoms in total. The number of hydrogen-bond acceptors (Lipinski definition) is 5. The quantitative estimate of drug-likeness (QED) is 0.788. The second-order valence-corrected chi connectivity index (χ2v) is 10.4. The van der Waals surface area contributed by atoms with Gasteiger partial charge in [-0.25, -0.2) is 13.4 Å². The van der Waals surface area contributed by atoms with Crippen molar-refractivity contribution in [1.29, 1.82) is 0 Å². The Morgan fingerprint density at radius 3 is 2.47 bits per heavy atom. The van der Waals surface area contributed by atoms with E-state index < -0.39 is 15.1 Å². The molecule has 2 aromatic rings. The van der Waals surface area contributed by atoms with Crippen LogP contribution in [0.25, 0.3) is 0 Å². The first-order chi connectivity index (χ1) is 14.2. The van der Waals surface area contributed by atoms with Gasteiger partial charge in [0, 0.05) is 24.3 Å². The summed E-state index contributed by atoms with van der Waals surface area (Å²) in [5.41, 5.74) is 1.23. The number of carbonyl (C=O) groups is 2. The third kappa shape index (κ3) is 4.87. The van der Waals surface area contributed by atoms with Gasteiger partial charge in [-0.1, -0.05) is 6.07 Å². The van der Waals surface area contributed by atoms with Crippen LogP contribution in [0.2, 0.25) is 0 Å². The van der Waals surface area contributed by atoms with Crippen molar-refractivity contribution in [3.8, 4) is 0 Å². The van der Waals surface area contributed by atoms with Crippen molar-refractivity contribution in [1.82, 2.24) is 9.88 Å². The Hall–Kier alpha value is -2.74. The van der Waals surface area contributed by atoms with Crippen molar-refractivity contribution in [2.24, 2.45) is 5.92 Å². The van der Waals surface area contributed by atoms with E-state index in [1.807, 2.05) is 19.1 Å². The molecule has 160 valence electrons. The number of pyridine rings is 1. The average Bonchev–Trinajstić information content (AvgIpc) is 2.73. The van der Waals surface area contributed by atoms with Gasteiger partial charge in [0.2, 0.25) is 5.91 Å². The highest BCUT2D eigenvalue weighted by atomic mass is 32.2. The monoisotopic (exact) mass is 429 g/mol. The van der Waals surface area contributed by atoms with Crippen LogP contribution in [0.15, 0.2) is 47.4 Å². The number of anilines is 1. The maximum Gasteiger partial charge on any atom is 0.253 e. The summed E-state index contributed by atoms with van der Waals surface area (Å²) in [4.78, 5) is 31.7. The molecule has 30 heavy (non-hydrogen) atoms. The van der Waals surface area contributed by atoms with E-state index in [2.05, 4.69) is 10.3 Å². The minimum absolute atomic E-state index is 0.149. The van der Waals surface area contributed by atoms with E-state index in [0.717, 1.165) is 12.1 Å². The zero-order chi connectivity index (χ0) is 21.9. The Balaban J connectivity index is 1.67. The van der Waals surface area contributed by atoms with Crippen LogP contribution < -0.4 is 5.32 Å². The summed E-state index contributed by atoms with van der Waals surface area (Å²) in [6, 6.07) is 11.5. The number of benzene rings is 1. The molecule has 1 aromatic carbocycles. The first-order valence-corrected chi connectivity index (χ1v) is 11.6. The minimum Gasteiger partial charge on any atom is -0.338 e. The lowest BCUT2D eigenvalue weighted by Gasteiger charge is -2.32. The smallest absolute Gasteiger partial charge is 0.253 e. The second kappa shape index (κ2) is 8.95. The molecule has 3 rings (SSSR count). The molecule has 0 saturated carbocycles. The first kappa shape index (κ1) is 22.0. The number of nitrogens with one attached hydrogen (secondary N) is 1. The topological polar surface area (TPSA) is 96.4 Å². The maximum absolute atomic E-state index is 12.9. The van der Waals surface area contributed by atoms with Crippen LogP contribution in [0.4, 0.5) is 5.82 Å². The molecule has 2 amide bonds. The second-order valence-electron chi connectivity index (χ2n) is 7.86. The average molecular weight is 430 g/mol. The number of amides is 2. The van der Waals surface area contributed by atoms with E-state index in [0.29, 0.717) is 30.9 Å². The van der Waals surface area contributed by atoms with E-state index in [1.54, 1.807) is 24.8 Å². The summed E-state index contributed by atoms with van der Waals surface area (Å²) in [7, 11) is -3.38. The van der Waals surface area contributed by atoms with Crippen molar-refractivity contribution < 1.29 is 18.0 Å². The standard InChI is InChI=1S/C22H27N3O4S/c1-15(2)30(28,29)19-11-9-17(10-12-19)22(27)25-13-5-7-18(14-25)21(26)24-20-8-4-6-16(3)23-20/h4,6,8-12,15,18H,5,7,13-14H2,1-3H3,(H,23,24,26). The molecule has 1 N–H and O–H groups in total. The molecule has 0 bridgehead atoms. The van der Waals surface area contributed by atoms with Gasteiger partial charge in [0.25, 0.3) is 5.91 Å². The van der Waals surface area contributed by atoms with E-state index in [-0.39, 0.29) is 22.6 Å². The van der Waals surface area contributed by atoms with Gasteiger partial charge in [-0.2, -0.15) is 0 Å². The summed E-state index contributed by atoms with van der Waals surface area (Å²) in [5, 5.41) is 2.31. The number of likely N-dealkylation sites (tertiary alicyclic amines) is 1. The molecule has 0 radical (unpaired) electrons. The van der Waals surface area contributed by atoms with Crippen LogP contribution in [0.1, 0.15) is 42.7 Å². The summed E-state index contributed by atoms with van der Waals surface area (Å²) >= 11 is 0. The number of rotatable bonds is 5. The Labute approximate surface area is 177 Å². The number of hydrogen-bond donors (Lipinski definition) is 1. The SMILES string of the molecule is Cc1cccc(NC(=O)C2CCCN(C(=O)c3ccc(S(=O)(=O)C(C)C)cc3)C2)n1. The largest absolute Gasteiger partial charge is 0.338 e. The molecule has 0 aliphatic carbocycles. The molecule has 1 atom stereocenters. The van der Waals surface area contributed by atoms with E-state index in [4.69, 9.17) is 0 Å². The Bertz CT molecular complexity index is 1030. The van der Waals surface area contributed by atoms with Crippen molar-refractivity contribution >= 4 is 27.5 Å². The minimum atomic E-state index is -3.38. The zero-order valence-electron chi connectivity index (χ0n) is 17.5. The Kier molecular flexibility index (Phi) is 6.55. The van der Waals surface area contributed by atoms with Crippen molar-refractivity contribution in [2.45, 2.75) is 43.8 Å². The Morgan fingerprint density at radius 2 is 1.83 bits per heavy atom. The number of aryl methyl sites for hydroxylation is 1. The molecular weight excluding hydrogens is 402 g/mol. The van der Waals surface area contributed by atoms with Gasteiger partial charge in [0.15, 0.2) is 9.84 Å².